The largest absolute Gasteiger partial charge is 0.326 e. The number of ketones is 1. The van der Waals surface area contributed by atoms with Gasteiger partial charge in [0.1, 0.15) is 0 Å². The Hall–Kier alpha value is -3.27. The van der Waals surface area contributed by atoms with Crippen LogP contribution >= 0.6 is 0 Å². The van der Waals surface area contributed by atoms with E-state index in [9.17, 15) is 9.59 Å². The van der Waals surface area contributed by atoms with Crippen LogP contribution in [0.2, 0.25) is 0 Å². The highest BCUT2D eigenvalue weighted by Gasteiger charge is 2.21. The van der Waals surface area contributed by atoms with E-state index in [1.54, 1.807) is 30.5 Å². The number of hydrogen-bond donors (Lipinski definition) is 1. The van der Waals surface area contributed by atoms with E-state index in [0.29, 0.717) is 17.7 Å². The number of aromatic nitrogens is 1. The summed E-state index contributed by atoms with van der Waals surface area (Å²) in [6.45, 7) is 1.52. The Morgan fingerprint density at radius 2 is 1.62 bits per heavy atom. The monoisotopic (exact) mass is 344 g/mol. The van der Waals surface area contributed by atoms with E-state index >= 15 is 0 Å². The molecule has 4 heteroatoms. The molecule has 0 bridgehead atoms. The fourth-order valence-electron chi connectivity index (χ4n) is 2.79. The molecule has 1 N–H and O–H groups in total. The number of carbonyl (C=O) groups is 2. The molecule has 3 rings (SSSR count). The van der Waals surface area contributed by atoms with Crippen LogP contribution in [0.5, 0.6) is 0 Å². The molecular weight excluding hydrogens is 324 g/mol. The van der Waals surface area contributed by atoms with Crippen molar-refractivity contribution in [1.29, 1.82) is 0 Å². The Kier molecular flexibility index (Phi) is 5.54. The number of carbonyl (C=O) groups excluding carboxylic acids is 2. The van der Waals surface area contributed by atoms with Crippen LogP contribution in [0.1, 0.15) is 34.5 Å². The van der Waals surface area contributed by atoms with E-state index in [1.807, 2.05) is 48.5 Å². The number of nitrogens with one attached hydrogen (secondary N) is 1. The molecule has 0 radical (unpaired) electrons. The highest BCUT2D eigenvalue weighted by molar-refractivity contribution is 5.97. The molecule has 2 aromatic carbocycles. The lowest BCUT2D eigenvalue weighted by atomic mass is 9.93. The molecule has 0 aliphatic heterocycles. The first-order valence-corrected chi connectivity index (χ1v) is 8.50. The fraction of sp³-hybridized carbons (Fsp3) is 0.136. The van der Waals surface area contributed by atoms with Gasteiger partial charge >= 0.3 is 0 Å². The number of benzene rings is 2. The Morgan fingerprint density at radius 1 is 0.923 bits per heavy atom. The molecule has 1 amide bonds. The van der Waals surface area contributed by atoms with Crippen molar-refractivity contribution in [1.82, 2.24) is 4.98 Å². The Morgan fingerprint density at radius 3 is 2.23 bits per heavy atom. The van der Waals surface area contributed by atoms with E-state index in [0.717, 1.165) is 11.3 Å². The summed E-state index contributed by atoms with van der Waals surface area (Å²) in [5.74, 6) is -0.448. The lowest BCUT2D eigenvalue weighted by Gasteiger charge is -2.17. The Balaban J connectivity index is 1.81. The summed E-state index contributed by atoms with van der Waals surface area (Å²) in [4.78, 5) is 28.7. The number of anilines is 1. The van der Waals surface area contributed by atoms with E-state index < -0.39 is 0 Å². The minimum absolute atomic E-state index is 0.000176. The summed E-state index contributed by atoms with van der Waals surface area (Å²) in [6, 6.07) is 22.3. The van der Waals surface area contributed by atoms with Gasteiger partial charge in [0.25, 0.3) is 0 Å². The van der Waals surface area contributed by atoms with Gasteiger partial charge in [0.05, 0.1) is 5.92 Å². The summed E-state index contributed by atoms with van der Waals surface area (Å²) in [6.07, 6.45) is 2.25. The van der Waals surface area contributed by atoms with Crippen LogP contribution in [0.15, 0.2) is 79.0 Å². The van der Waals surface area contributed by atoms with Crippen molar-refractivity contribution in [3.05, 3.63) is 95.8 Å². The zero-order valence-electron chi connectivity index (χ0n) is 14.6. The molecule has 4 nitrogen and oxygen atoms in total. The summed E-state index contributed by atoms with van der Waals surface area (Å²) in [7, 11) is 0. The van der Waals surface area contributed by atoms with E-state index in [4.69, 9.17) is 0 Å². The second-order valence-electron chi connectivity index (χ2n) is 6.11. The van der Waals surface area contributed by atoms with Gasteiger partial charge in [-0.2, -0.15) is 0 Å². The molecule has 1 aromatic heterocycles. The smallest absolute Gasteiger partial charge is 0.232 e. The van der Waals surface area contributed by atoms with Crippen LogP contribution in [0.4, 0.5) is 5.69 Å². The van der Waals surface area contributed by atoms with Crippen molar-refractivity contribution >= 4 is 17.4 Å². The van der Waals surface area contributed by atoms with Gasteiger partial charge in [-0.1, -0.05) is 36.4 Å². The van der Waals surface area contributed by atoms with Crippen LogP contribution in [0.3, 0.4) is 0 Å². The molecule has 0 fully saturated rings. The summed E-state index contributed by atoms with van der Waals surface area (Å²) in [5.41, 5.74) is 3.09. The maximum Gasteiger partial charge on any atom is 0.232 e. The standard InChI is InChI=1S/C22H20N2O2/c1-16(25)17-10-12-19(13-11-17)24-22(26)21(18-7-3-2-4-8-18)15-20-9-5-6-14-23-20/h2-14,21H,15H2,1H3,(H,24,26). The van der Waals surface area contributed by atoms with Gasteiger partial charge in [0.15, 0.2) is 5.78 Å². The van der Waals surface area contributed by atoms with Gasteiger partial charge in [-0.05, 0) is 48.9 Å². The normalized spacial score (nSPS) is 11.6. The van der Waals surface area contributed by atoms with Crippen LogP contribution in [-0.2, 0) is 11.2 Å². The minimum Gasteiger partial charge on any atom is -0.326 e. The lowest BCUT2D eigenvalue weighted by molar-refractivity contribution is -0.117. The average molecular weight is 344 g/mol. The van der Waals surface area contributed by atoms with Crippen LogP contribution in [0.25, 0.3) is 0 Å². The van der Waals surface area contributed by atoms with E-state index in [-0.39, 0.29) is 17.6 Å². The lowest BCUT2D eigenvalue weighted by Crippen LogP contribution is -2.23. The molecule has 0 aliphatic rings. The number of nitrogens with zero attached hydrogens (tertiary/aromatic N) is 1. The third kappa shape index (κ3) is 4.42. The number of Topliss-reactive ketones (excluding diaryl/α,β-unsaturated/α-hetero) is 1. The summed E-state index contributed by atoms with van der Waals surface area (Å²) in [5, 5.41) is 2.95. The number of rotatable bonds is 6. The van der Waals surface area contributed by atoms with Gasteiger partial charge < -0.3 is 5.32 Å². The molecule has 0 saturated carbocycles. The maximum atomic E-state index is 12.9. The summed E-state index contributed by atoms with van der Waals surface area (Å²) < 4.78 is 0. The molecule has 1 heterocycles. The summed E-state index contributed by atoms with van der Waals surface area (Å²) >= 11 is 0. The highest BCUT2D eigenvalue weighted by Crippen LogP contribution is 2.22. The molecule has 26 heavy (non-hydrogen) atoms. The minimum atomic E-state index is -0.349. The third-order valence-electron chi connectivity index (χ3n) is 4.22. The van der Waals surface area contributed by atoms with Crippen LogP contribution in [-0.4, -0.2) is 16.7 Å². The molecule has 3 aromatic rings. The van der Waals surface area contributed by atoms with Crippen molar-refractivity contribution in [3.8, 4) is 0 Å². The van der Waals surface area contributed by atoms with Crippen molar-refractivity contribution in [2.75, 3.05) is 5.32 Å². The first-order chi connectivity index (χ1) is 12.6. The van der Waals surface area contributed by atoms with Gasteiger partial charge in [-0.25, -0.2) is 0 Å². The number of hydrogen-bond acceptors (Lipinski definition) is 3. The molecule has 1 atom stereocenters. The fourth-order valence-corrected chi connectivity index (χ4v) is 2.79. The van der Waals surface area contributed by atoms with Gasteiger partial charge in [-0.15, -0.1) is 0 Å². The van der Waals surface area contributed by atoms with E-state index in [2.05, 4.69) is 10.3 Å². The van der Waals surface area contributed by atoms with Gasteiger partial charge in [0.2, 0.25) is 5.91 Å². The molecule has 0 aliphatic carbocycles. The van der Waals surface area contributed by atoms with Crippen molar-refractivity contribution < 1.29 is 9.59 Å². The highest BCUT2D eigenvalue weighted by atomic mass is 16.2. The van der Waals surface area contributed by atoms with Gasteiger partial charge in [0, 0.05) is 29.6 Å². The number of pyridine rings is 1. The van der Waals surface area contributed by atoms with E-state index in [1.165, 1.54) is 6.92 Å². The number of amides is 1. The first kappa shape index (κ1) is 17.5. The molecule has 0 spiro atoms. The van der Waals surface area contributed by atoms with Crippen LogP contribution in [0, 0.1) is 0 Å². The average Bonchev–Trinajstić information content (AvgIpc) is 2.68. The van der Waals surface area contributed by atoms with Gasteiger partial charge in [-0.3, -0.25) is 14.6 Å². The molecular formula is C22H20N2O2. The predicted molar refractivity (Wildman–Crippen MR) is 102 cm³/mol. The Labute approximate surface area is 152 Å². The predicted octanol–water partition coefficient (Wildman–Crippen LogP) is 4.25. The zero-order valence-corrected chi connectivity index (χ0v) is 14.6. The first-order valence-electron chi connectivity index (χ1n) is 8.50. The van der Waals surface area contributed by atoms with Crippen molar-refractivity contribution in [2.45, 2.75) is 19.3 Å². The van der Waals surface area contributed by atoms with Crippen LogP contribution < -0.4 is 5.32 Å². The quantitative estimate of drug-likeness (QED) is 0.680. The second-order valence-corrected chi connectivity index (χ2v) is 6.11. The van der Waals surface area contributed by atoms with Crippen molar-refractivity contribution in [2.24, 2.45) is 0 Å². The maximum absolute atomic E-state index is 12.9. The topological polar surface area (TPSA) is 59.1 Å². The SMILES string of the molecule is CC(=O)c1ccc(NC(=O)C(Cc2ccccn2)c2ccccc2)cc1. The van der Waals surface area contributed by atoms with Crippen molar-refractivity contribution in [3.63, 3.8) is 0 Å². The zero-order chi connectivity index (χ0) is 18.4. The molecule has 0 saturated heterocycles. The molecule has 130 valence electrons. The molecule has 1 unspecified atom stereocenters. The third-order valence-corrected chi connectivity index (χ3v) is 4.22. The Bertz CT molecular complexity index is 875. The second kappa shape index (κ2) is 8.21.